The molecule has 2 aliphatic rings. The fourth-order valence-corrected chi connectivity index (χ4v) is 4.13. The number of hydrogen-bond donors (Lipinski definition) is 1. The van der Waals surface area contributed by atoms with Crippen molar-refractivity contribution in [1.82, 2.24) is 25.1 Å². The fourth-order valence-electron chi connectivity index (χ4n) is 4.13. The van der Waals surface area contributed by atoms with Crippen molar-refractivity contribution in [1.29, 1.82) is 5.26 Å². The smallest absolute Gasteiger partial charge is 0.155 e. The van der Waals surface area contributed by atoms with E-state index in [1.807, 2.05) is 26.0 Å². The SMILES string of the molecule is Cc1nc(C2CN(C)CC23CN(c2ccc(C#N)c(C)n2)C3)n[nH]1. The average Bonchev–Trinajstić information content (AvgIpc) is 3.09. The zero-order chi connectivity index (χ0) is 16.9. The number of nitrogens with one attached hydrogen (secondary N) is 1. The Balaban J connectivity index is 1.56. The largest absolute Gasteiger partial charge is 0.355 e. The number of nitrogens with zero attached hydrogens (tertiary/aromatic N) is 6. The average molecular weight is 323 g/mol. The molecular weight excluding hydrogens is 302 g/mol. The van der Waals surface area contributed by atoms with Gasteiger partial charge in [-0.05, 0) is 33.0 Å². The number of hydrogen-bond acceptors (Lipinski definition) is 6. The third-order valence-electron chi connectivity index (χ3n) is 5.27. The molecule has 124 valence electrons. The number of likely N-dealkylation sites (N-methyl/N-ethyl adjacent to an activating group) is 1. The van der Waals surface area contributed by atoms with Gasteiger partial charge in [0.05, 0.1) is 11.3 Å². The third kappa shape index (κ3) is 2.26. The van der Waals surface area contributed by atoms with E-state index >= 15 is 0 Å². The maximum Gasteiger partial charge on any atom is 0.155 e. The molecule has 4 rings (SSSR count). The Bertz CT molecular complexity index is 813. The molecule has 1 spiro atoms. The van der Waals surface area contributed by atoms with Gasteiger partial charge in [-0.15, -0.1) is 0 Å². The van der Waals surface area contributed by atoms with Crippen molar-refractivity contribution >= 4 is 5.82 Å². The summed E-state index contributed by atoms with van der Waals surface area (Å²) in [6.45, 7) is 7.78. The second-order valence-corrected chi connectivity index (χ2v) is 7.16. The first-order valence-electron chi connectivity index (χ1n) is 8.21. The highest BCUT2D eigenvalue weighted by Crippen LogP contribution is 2.48. The second kappa shape index (κ2) is 5.28. The summed E-state index contributed by atoms with van der Waals surface area (Å²) < 4.78 is 0. The van der Waals surface area contributed by atoms with Crippen molar-refractivity contribution in [2.75, 3.05) is 38.1 Å². The van der Waals surface area contributed by atoms with E-state index in [0.717, 1.165) is 49.3 Å². The molecule has 1 unspecified atom stereocenters. The lowest BCUT2D eigenvalue weighted by Crippen LogP contribution is -2.60. The maximum absolute atomic E-state index is 9.05. The van der Waals surface area contributed by atoms with Crippen molar-refractivity contribution in [2.45, 2.75) is 19.8 Å². The van der Waals surface area contributed by atoms with E-state index in [2.05, 4.69) is 43.1 Å². The highest BCUT2D eigenvalue weighted by molar-refractivity contribution is 5.49. The summed E-state index contributed by atoms with van der Waals surface area (Å²) >= 11 is 0. The number of H-pyrrole nitrogens is 1. The Hall–Kier alpha value is -2.46. The Morgan fingerprint density at radius 3 is 2.67 bits per heavy atom. The van der Waals surface area contributed by atoms with Crippen molar-refractivity contribution in [2.24, 2.45) is 5.41 Å². The van der Waals surface area contributed by atoms with Gasteiger partial charge in [-0.3, -0.25) is 5.10 Å². The number of anilines is 1. The summed E-state index contributed by atoms with van der Waals surface area (Å²) in [5, 5.41) is 16.4. The predicted molar refractivity (Wildman–Crippen MR) is 89.7 cm³/mol. The maximum atomic E-state index is 9.05. The minimum Gasteiger partial charge on any atom is -0.355 e. The zero-order valence-corrected chi connectivity index (χ0v) is 14.2. The van der Waals surface area contributed by atoms with E-state index in [9.17, 15) is 0 Å². The molecule has 2 aliphatic heterocycles. The van der Waals surface area contributed by atoms with E-state index in [-0.39, 0.29) is 5.41 Å². The van der Waals surface area contributed by atoms with Crippen LogP contribution in [0.4, 0.5) is 5.82 Å². The van der Waals surface area contributed by atoms with Crippen LogP contribution in [0.25, 0.3) is 0 Å². The highest BCUT2D eigenvalue weighted by Gasteiger charge is 2.55. The monoisotopic (exact) mass is 323 g/mol. The molecule has 0 amide bonds. The summed E-state index contributed by atoms with van der Waals surface area (Å²) in [4.78, 5) is 13.8. The zero-order valence-electron chi connectivity index (χ0n) is 14.2. The Kier molecular flexibility index (Phi) is 3.32. The molecule has 0 aromatic carbocycles. The molecule has 0 saturated carbocycles. The van der Waals surface area contributed by atoms with Crippen LogP contribution in [0.5, 0.6) is 0 Å². The predicted octanol–water partition coefficient (Wildman–Crippen LogP) is 1.22. The summed E-state index contributed by atoms with van der Waals surface area (Å²) in [6.07, 6.45) is 0. The third-order valence-corrected chi connectivity index (χ3v) is 5.27. The molecule has 2 aromatic heterocycles. The lowest BCUT2D eigenvalue weighted by atomic mass is 9.71. The van der Waals surface area contributed by atoms with Crippen LogP contribution in [-0.4, -0.2) is 58.3 Å². The van der Waals surface area contributed by atoms with E-state index in [0.29, 0.717) is 11.5 Å². The van der Waals surface area contributed by atoms with Crippen molar-refractivity contribution in [3.63, 3.8) is 0 Å². The van der Waals surface area contributed by atoms with Gasteiger partial charge in [0.2, 0.25) is 0 Å². The number of nitriles is 1. The molecule has 2 saturated heterocycles. The highest BCUT2D eigenvalue weighted by atomic mass is 15.3. The van der Waals surface area contributed by atoms with Crippen LogP contribution in [0.3, 0.4) is 0 Å². The summed E-state index contributed by atoms with van der Waals surface area (Å²) in [5.41, 5.74) is 1.62. The molecular formula is C17H21N7. The molecule has 0 bridgehead atoms. The van der Waals surface area contributed by atoms with Gasteiger partial charge in [0.1, 0.15) is 17.7 Å². The van der Waals surface area contributed by atoms with Crippen LogP contribution in [-0.2, 0) is 0 Å². The number of pyridine rings is 1. The van der Waals surface area contributed by atoms with Gasteiger partial charge in [0.15, 0.2) is 5.82 Å². The number of likely N-dealkylation sites (tertiary alicyclic amines) is 1. The van der Waals surface area contributed by atoms with E-state index in [1.165, 1.54) is 0 Å². The van der Waals surface area contributed by atoms with Crippen molar-refractivity contribution in [3.8, 4) is 6.07 Å². The molecule has 0 radical (unpaired) electrons. The molecule has 2 aromatic rings. The number of rotatable bonds is 2. The molecule has 1 N–H and O–H groups in total. The second-order valence-electron chi connectivity index (χ2n) is 7.16. The van der Waals surface area contributed by atoms with Gasteiger partial charge in [-0.25, -0.2) is 9.97 Å². The minimum absolute atomic E-state index is 0.187. The Morgan fingerprint density at radius 1 is 1.25 bits per heavy atom. The minimum atomic E-state index is 0.187. The van der Waals surface area contributed by atoms with Crippen molar-refractivity contribution < 1.29 is 0 Å². The molecule has 1 atom stereocenters. The van der Waals surface area contributed by atoms with Crippen LogP contribution in [0.15, 0.2) is 12.1 Å². The van der Waals surface area contributed by atoms with Crippen LogP contribution in [0.1, 0.15) is 28.8 Å². The van der Waals surface area contributed by atoms with Crippen LogP contribution in [0.2, 0.25) is 0 Å². The number of aryl methyl sites for hydroxylation is 2. The summed E-state index contributed by atoms with van der Waals surface area (Å²) in [6, 6.07) is 5.98. The normalized spacial score (nSPS) is 22.6. The van der Waals surface area contributed by atoms with Crippen LogP contribution in [0, 0.1) is 30.6 Å². The first-order valence-corrected chi connectivity index (χ1v) is 8.21. The first kappa shape index (κ1) is 15.1. The Morgan fingerprint density at radius 2 is 2.04 bits per heavy atom. The lowest BCUT2D eigenvalue weighted by molar-refractivity contribution is 0.192. The lowest BCUT2D eigenvalue weighted by Gasteiger charge is -2.51. The van der Waals surface area contributed by atoms with Gasteiger partial charge < -0.3 is 9.80 Å². The van der Waals surface area contributed by atoms with Crippen LogP contribution < -0.4 is 4.90 Å². The molecule has 24 heavy (non-hydrogen) atoms. The van der Waals surface area contributed by atoms with Gasteiger partial charge in [-0.1, -0.05) is 0 Å². The van der Waals surface area contributed by atoms with Gasteiger partial charge in [-0.2, -0.15) is 10.4 Å². The first-order chi connectivity index (χ1) is 11.5. The van der Waals surface area contributed by atoms with Crippen molar-refractivity contribution in [3.05, 3.63) is 35.0 Å². The molecule has 2 fully saturated rings. The van der Waals surface area contributed by atoms with E-state index in [1.54, 1.807) is 0 Å². The quantitative estimate of drug-likeness (QED) is 0.894. The topological polar surface area (TPSA) is 84.7 Å². The van der Waals surface area contributed by atoms with E-state index in [4.69, 9.17) is 5.26 Å². The van der Waals surface area contributed by atoms with Gasteiger partial charge in [0, 0.05) is 37.5 Å². The molecule has 7 heteroatoms. The van der Waals surface area contributed by atoms with Gasteiger partial charge in [0.25, 0.3) is 0 Å². The molecule has 4 heterocycles. The van der Waals surface area contributed by atoms with Gasteiger partial charge >= 0.3 is 0 Å². The molecule has 7 nitrogen and oxygen atoms in total. The Labute approximate surface area is 141 Å². The number of aromatic nitrogens is 4. The van der Waals surface area contributed by atoms with Crippen LogP contribution >= 0.6 is 0 Å². The summed E-state index contributed by atoms with van der Waals surface area (Å²) in [7, 11) is 2.16. The number of aromatic amines is 1. The summed E-state index contributed by atoms with van der Waals surface area (Å²) in [5.74, 6) is 3.11. The fraction of sp³-hybridized carbons (Fsp3) is 0.529. The molecule has 0 aliphatic carbocycles. The van der Waals surface area contributed by atoms with E-state index < -0.39 is 0 Å². The standard InChI is InChI=1S/C17H21N7/c1-11-13(6-18)4-5-15(19-11)24-9-17(10-24)8-23(3)7-14(17)16-20-12(2)21-22-16/h4-5,14H,7-10H2,1-3H3,(H,20,21,22).